The number of halogens is 1. The Morgan fingerprint density at radius 2 is 2.17 bits per heavy atom. The van der Waals surface area contributed by atoms with Crippen molar-refractivity contribution >= 4 is 52.3 Å². The smallest absolute Gasteiger partial charge is 0.338 e. The van der Waals surface area contributed by atoms with Crippen molar-refractivity contribution in [1.82, 2.24) is 5.32 Å². The minimum absolute atomic E-state index is 0.260. The van der Waals surface area contributed by atoms with Crippen molar-refractivity contribution in [3.63, 3.8) is 0 Å². The number of carbonyl (C=O) groups excluding carboxylic acids is 2. The standard InChI is InChI=1S/C16H17ClN2O3S2/c17-13-4-3-11(8-14(13)18)16(21)22-9-15(20)19-5-7-23-10-12-2-1-6-24-12/h1-4,6,8H,5,7,9-10,18H2,(H,19,20). The van der Waals surface area contributed by atoms with Gasteiger partial charge in [-0.1, -0.05) is 17.7 Å². The van der Waals surface area contributed by atoms with Gasteiger partial charge in [0.25, 0.3) is 5.91 Å². The van der Waals surface area contributed by atoms with Gasteiger partial charge in [-0.15, -0.1) is 11.3 Å². The lowest BCUT2D eigenvalue weighted by Crippen LogP contribution is -2.30. The molecule has 0 atom stereocenters. The predicted molar refractivity (Wildman–Crippen MR) is 99.6 cm³/mol. The number of amides is 1. The molecule has 0 spiro atoms. The van der Waals surface area contributed by atoms with Crippen molar-refractivity contribution < 1.29 is 14.3 Å². The zero-order valence-corrected chi connectivity index (χ0v) is 15.2. The number of esters is 1. The molecule has 1 heterocycles. The summed E-state index contributed by atoms with van der Waals surface area (Å²) >= 11 is 9.24. The Morgan fingerprint density at radius 3 is 2.88 bits per heavy atom. The molecule has 2 rings (SSSR count). The lowest BCUT2D eigenvalue weighted by atomic mass is 10.2. The molecule has 128 valence electrons. The van der Waals surface area contributed by atoms with Gasteiger partial charge in [-0.05, 0) is 29.6 Å². The van der Waals surface area contributed by atoms with Gasteiger partial charge in [-0.2, -0.15) is 11.8 Å². The predicted octanol–water partition coefficient (Wildman–Crippen LogP) is 3.19. The maximum absolute atomic E-state index is 11.8. The van der Waals surface area contributed by atoms with E-state index in [1.807, 2.05) is 11.4 Å². The number of rotatable bonds is 8. The number of carbonyl (C=O) groups is 2. The van der Waals surface area contributed by atoms with Gasteiger partial charge in [0.1, 0.15) is 0 Å². The van der Waals surface area contributed by atoms with Crippen LogP contribution in [0.3, 0.4) is 0 Å². The molecule has 0 saturated heterocycles. The molecule has 0 unspecified atom stereocenters. The summed E-state index contributed by atoms with van der Waals surface area (Å²) in [7, 11) is 0. The fourth-order valence-electron chi connectivity index (χ4n) is 1.77. The van der Waals surface area contributed by atoms with Gasteiger partial charge in [-0.25, -0.2) is 4.79 Å². The summed E-state index contributed by atoms with van der Waals surface area (Å²) in [5.41, 5.74) is 6.17. The third-order valence-electron chi connectivity index (χ3n) is 2.96. The van der Waals surface area contributed by atoms with Gasteiger partial charge in [0.05, 0.1) is 16.3 Å². The minimum Gasteiger partial charge on any atom is -0.452 e. The highest BCUT2D eigenvalue weighted by Gasteiger charge is 2.11. The quantitative estimate of drug-likeness (QED) is 0.415. The highest BCUT2D eigenvalue weighted by atomic mass is 35.5. The zero-order valence-electron chi connectivity index (χ0n) is 12.8. The number of nitrogens with two attached hydrogens (primary N) is 1. The van der Waals surface area contributed by atoms with E-state index in [1.54, 1.807) is 23.1 Å². The highest BCUT2D eigenvalue weighted by molar-refractivity contribution is 7.98. The van der Waals surface area contributed by atoms with Gasteiger partial charge in [0, 0.05) is 22.9 Å². The van der Waals surface area contributed by atoms with Crippen LogP contribution in [0, 0.1) is 0 Å². The van der Waals surface area contributed by atoms with Crippen LogP contribution >= 0.6 is 34.7 Å². The van der Waals surface area contributed by atoms with Crippen LogP contribution in [-0.2, 0) is 15.3 Å². The Bertz CT molecular complexity index is 693. The average Bonchev–Trinajstić information content (AvgIpc) is 3.08. The number of nitrogen functional groups attached to an aromatic ring is 1. The average molecular weight is 385 g/mol. The molecule has 5 nitrogen and oxygen atoms in total. The van der Waals surface area contributed by atoms with E-state index in [4.69, 9.17) is 22.1 Å². The molecule has 1 aromatic heterocycles. The van der Waals surface area contributed by atoms with Crippen LogP contribution in [0.4, 0.5) is 5.69 Å². The number of nitrogens with one attached hydrogen (secondary N) is 1. The summed E-state index contributed by atoms with van der Waals surface area (Å²) in [4.78, 5) is 24.8. The second kappa shape index (κ2) is 9.56. The second-order valence-corrected chi connectivity index (χ2v) is 7.34. The molecular weight excluding hydrogens is 368 g/mol. The van der Waals surface area contributed by atoms with Gasteiger partial charge in [-0.3, -0.25) is 4.79 Å². The van der Waals surface area contributed by atoms with Gasteiger partial charge < -0.3 is 15.8 Å². The summed E-state index contributed by atoms with van der Waals surface area (Å²) in [5, 5.41) is 5.12. The third kappa shape index (κ3) is 6.07. The number of hydrogen-bond acceptors (Lipinski definition) is 6. The molecule has 0 saturated carbocycles. The molecular formula is C16H17ClN2O3S2. The van der Waals surface area contributed by atoms with Crippen LogP contribution < -0.4 is 11.1 Å². The van der Waals surface area contributed by atoms with Gasteiger partial charge in [0.2, 0.25) is 0 Å². The van der Waals surface area contributed by atoms with Crippen LogP contribution in [0.15, 0.2) is 35.7 Å². The molecule has 1 aromatic carbocycles. The SMILES string of the molecule is Nc1cc(C(=O)OCC(=O)NCCSCc2cccs2)ccc1Cl. The molecule has 0 aliphatic carbocycles. The van der Waals surface area contributed by atoms with E-state index >= 15 is 0 Å². The number of thioether (sulfide) groups is 1. The normalized spacial score (nSPS) is 10.4. The number of benzene rings is 1. The van der Waals surface area contributed by atoms with E-state index in [-0.39, 0.29) is 18.1 Å². The van der Waals surface area contributed by atoms with Crippen molar-refractivity contribution in [2.75, 3.05) is 24.6 Å². The number of anilines is 1. The molecule has 24 heavy (non-hydrogen) atoms. The lowest BCUT2D eigenvalue weighted by molar-refractivity contribution is -0.124. The Labute approximate surface area is 153 Å². The van der Waals surface area contributed by atoms with Crippen molar-refractivity contribution in [3.05, 3.63) is 51.2 Å². The monoisotopic (exact) mass is 384 g/mol. The lowest BCUT2D eigenvalue weighted by Gasteiger charge is -2.07. The van der Waals surface area contributed by atoms with E-state index in [1.165, 1.54) is 23.1 Å². The summed E-state index contributed by atoms with van der Waals surface area (Å²) in [6.45, 7) is 0.206. The van der Waals surface area contributed by atoms with E-state index in [0.29, 0.717) is 17.3 Å². The number of thiophene rings is 1. The Kier molecular flexibility index (Phi) is 7.42. The first kappa shape index (κ1) is 18.6. The van der Waals surface area contributed by atoms with Crippen LogP contribution in [0.5, 0.6) is 0 Å². The Balaban J connectivity index is 1.61. The molecule has 3 N–H and O–H groups in total. The Hall–Kier alpha value is -1.70. The number of hydrogen-bond donors (Lipinski definition) is 2. The molecule has 0 radical (unpaired) electrons. The van der Waals surface area contributed by atoms with Gasteiger partial charge in [0.15, 0.2) is 6.61 Å². The second-order valence-electron chi connectivity index (χ2n) is 4.79. The highest BCUT2D eigenvalue weighted by Crippen LogP contribution is 2.20. The first-order valence-electron chi connectivity index (χ1n) is 7.15. The summed E-state index contributed by atoms with van der Waals surface area (Å²) in [5.74, 6) is 0.786. The molecule has 0 aliphatic heterocycles. The molecule has 0 aliphatic rings. The molecule has 2 aromatic rings. The summed E-state index contributed by atoms with van der Waals surface area (Å²) < 4.78 is 4.95. The maximum Gasteiger partial charge on any atom is 0.338 e. The van der Waals surface area contributed by atoms with Crippen LogP contribution in [0.25, 0.3) is 0 Å². The largest absolute Gasteiger partial charge is 0.452 e. The van der Waals surface area contributed by atoms with E-state index < -0.39 is 5.97 Å². The van der Waals surface area contributed by atoms with E-state index in [2.05, 4.69) is 11.4 Å². The van der Waals surface area contributed by atoms with E-state index in [0.717, 1.165) is 11.5 Å². The third-order valence-corrected chi connectivity index (χ3v) is 5.37. The van der Waals surface area contributed by atoms with Gasteiger partial charge >= 0.3 is 5.97 Å². The molecule has 0 fully saturated rings. The van der Waals surface area contributed by atoms with Crippen LogP contribution in [0.1, 0.15) is 15.2 Å². The van der Waals surface area contributed by atoms with Crippen LogP contribution in [0.2, 0.25) is 5.02 Å². The molecule has 1 amide bonds. The maximum atomic E-state index is 11.8. The summed E-state index contributed by atoms with van der Waals surface area (Å²) in [6, 6.07) is 8.53. The zero-order chi connectivity index (χ0) is 17.4. The fourth-order valence-corrected chi connectivity index (χ4v) is 3.58. The van der Waals surface area contributed by atoms with Crippen molar-refractivity contribution in [2.45, 2.75) is 5.75 Å². The first-order valence-corrected chi connectivity index (χ1v) is 9.56. The summed E-state index contributed by atoms with van der Waals surface area (Å²) in [6.07, 6.45) is 0. The topological polar surface area (TPSA) is 81.4 Å². The number of ether oxygens (including phenoxy) is 1. The molecule has 8 heteroatoms. The van der Waals surface area contributed by atoms with Crippen molar-refractivity contribution in [3.8, 4) is 0 Å². The minimum atomic E-state index is -0.611. The fraction of sp³-hybridized carbons (Fsp3) is 0.250. The van der Waals surface area contributed by atoms with E-state index in [9.17, 15) is 9.59 Å². The first-order chi connectivity index (χ1) is 11.6. The van der Waals surface area contributed by atoms with Crippen LogP contribution in [-0.4, -0.2) is 30.8 Å². The van der Waals surface area contributed by atoms with Crippen molar-refractivity contribution in [2.24, 2.45) is 0 Å². The van der Waals surface area contributed by atoms with Crippen molar-refractivity contribution in [1.29, 1.82) is 0 Å². The Morgan fingerprint density at radius 1 is 1.33 bits per heavy atom. The molecule has 0 bridgehead atoms.